The number of hydrogen-bond donors (Lipinski definition) is 2. The number of carbonyl (C=O) groups excluding carboxylic acids is 2. The smallest absolute Gasteiger partial charge is 0.232 e. The van der Waals surface area contributed by atoms with Crippen molar-refractivity contribution in [3.8, 4) is 11.5 Å². The minimum absolute atomic E-state index is 0.125. The number of benzene rings is 1. The van der Waals surface area contributed by atoms with Crippen molar-refractivity contribution < 1.29 is 19.1 Å². The molecule has 1 fully saturated rings. The van der Waals surface area contributed by atoms with Crippen LogP contribution in [0.25, 0.3) is 0 Å². The lowest BCUT2D eigenvalue weighted by molar-refractivity contribution is -0.122. The highest BCUT2D eigenvalue weighted by atomic mass is 16.5. The van der Waals surface area contributed by atoms with Gasteiger partial charge in [-0.2, -0.15) is 10.1 Å². The van der Waals surface area contributed by atoms with Crippen LogP contribution in [0.4, 0.5) is 11.6 Å². The summed E-state index contributed by atoms with van der Waals surface area (Å²) in [5.74, 6) is 0.501. The Kier molecular flexibility index (Phi) is 4.32. The van der Waals surface area contributed by atoms with Crippen LogP contribution < -0.4 is 19.7 Å². The number of H-pyrrole nitrogens is 1. The number of methoxy groups -OCH3 is 2. The molecule has 2 amide bonds. The number of aromatic nitrogens is 3. The molecule has 0 aliphatic carbocycles. The van der Waals surface area contributed by atoms with Gasteiger partial charge in [-0.05, 0) is 12.1 Å². The van der Waals surface area contributed by atoms with Gasteiger partial charge in [-0.1, -0.05) is 0 Å². The number of rotatable bonds is 5. The predicted octanol–water partition coefficient (Wildman–Crippen LogP) is 0.813. The number of ether oxygens (including phenoxy) is 2. The number of amides is 2. The predicted molar refractivity (Wildman–Crippen MR) is 85.0 cm³/mol. The number of aromatic amines is 1. The topological polar surface area (TPSA) is 109 Å². The van der Waals surface area contributed by atoms with Gasteiger partial charge in [0.2, 0.25) is 17.8 Å². The van der Waals surface area contributed by atoms with Gasteiger partial charge in [-0.15, -0.1) is 0 Å². The van der Waals surface area contributed by atoms with E-state index in [0.717, 1.165) is 0 Å². The van der Waals surface area contributed by atoms with E-state index in [0.29, 0.717) is 17.2 Å². The summed E-state index contributed by atoms with van der Waals surface area (Å²) in [5.41, 5.74) is 0.660. The zero-order chi connectivity index (χ0) is 17.1. The normalized spacial score (nSPS) is 17.0. The highest BCUT2D eigenvalue weighted by Gasteiger charge is 2.35. The first-order valence-electron chi connectivity index (χ1n) is 7.31. The molecule has 2 heterocycles. The summed E-state index contributed by atoms with van der Waals surface area (Å²) >= 11 is 0. The van der Waals surface area contributed by atoms with E-state index in [1.54, 1.807) is 30.2 Å². The second-order valence-corrected chi connectivity index (χ2v) is 5.27. The molecule has 3 rings (SSSR count). The second-order valence-electron chi connectivity index (χ2n) is 5.27. The molecule has 24 heavy (non-hydrogen) atoms. The lowest BCUT2D eigenvalue weighted by Gasteiger charge is -2.18. The summed E-state index contributed by atoms with van der Waals surface area (Å²) in [5, 5.41) is 8.82. The first-order valence-corrected chi connectivity index (χ1v) is 7.31. The van der Waals surface area contributed by atoms with Gasteiger partial charge in [0, 0.05) is 24.7 Å². The maximum atomic E-state index is 12.3. The van der Waals surface area contributed by atoms with Gasteiger partial charge in [0.05, 0.1) is 20.1 Å². The van der Waals surface area contributed by atoms with Crippen LogP contribution in [0.15, 0.2) is 24.5 Å². The van der Waals surface area contributed by atoms with E-state index in [1.165, 1.54) is 13.4 Å². The second kappa shape index (κ2) is 6.57. The van der Waals surface area contributed by atoms with Crippen molar-refractivity contribution in [2.75, 3.05) is 31.0 Å². The number of hydrogen-bond acceptors (Lipinski definition) is 6. The average Bonchev–Trinajstić information content (AvgIpc) is 3.23. The molecular weight excluding hydrogens is 314 g/mol. The average molecular weight is 331 g/mol. The number of anilines is 2. The third kappa shape index (κ3) is 3.00. The molecule has 1 aliphatic rings. The van der Waals surface area contributed by atoms with Crippen molar-refractivity contribution in [1.29, 1.82) is 0 Å². The summed E-state index contributed by atoms with van der Waals surface area (Å²) in [4.78, 5) is 29.9. The molecule has 0 saturated carbocycles. The Morgan fingerprint density at radius 2 is 2.12 bits per heavy atom. The van der Waals surface area contributed by atoms with Crippen LogP contribution in [-0.4, -0.2) is 47.8 Å². The lowest BCUT2D eigenvalue weighted by atomic mass is 10.1. The van der Waals surface area contributed by atoms with Crippen LogP contribution >= 0.6 is 0 Å². The molecule has 2 aromatic rings. The van der Waals surface area contributed by atoms with Crippen LogP contribution in [0.1, 0.15) is 6.42 Å². The largest absolute Gasteiger partial charge is 0.493 e. The van der Waals surface area contributed by atoms with Crippen LogP contribution in [0.3, 0.4) is 0 Å². The Bertz CT molecular complexity index is 746. The van der Waals surface area contributed by atoms with Crippen LogP contribution in [-0.2, 0) is 9.59 Å². The highest BCUT2D eigenvalue weighted by Crippen LogP contribution is 2.34. The quantitative estimate of drug-likeness (QED) is 0.839. The molecule has 126 valence electrons. The number of nitrogens with zero attached hydrogens (tertiary/aromatic N) is 3. The fourth-order valence-electron chi connectivity index (χ4n) is 2.61. The molecule has 9 nitrogen and oxygen atoms in total. The van der Waals surface area contributed by atoms with E-state index in [2.05, 4.69) is 20.5 Å². The van der Waals surface area contributed by atoms with Gasteiger partial charge in [0.15, 0.2) is 11.5 Å². The van der Waals surface area contributed by atoms with Gasteiger partial charge < -0.3 is 14.4 Å². The first-order chi connectivity index (χ1) is 11.6. The summed E-state index contributed by atoms with van der Waals surface area (Å²) in [7, 11) is 3.07. The summed E-state index contributed by atoms with van der Waals surface area (Å²) in [6.07, 6.45) is 1.43. The van der Waals surface area contributed by atoms with E-state index < -0.39 is 5.92 Å². The molecule has 9 heteroatoms. The minimum atomic E-state index is -0.462. The zero-order valence-corrected chi connectivity index (χ0v) is 13.3. The minimum Gasteiger partial charge on any atom is -0.493 e. The molecule has 0 bridgehead atoms. The molecule has 0 unspecified atom stereocenters. The molecule has 1 aliphatic heterocycles. The molecule has 2 N–H and O–H groups in total. The van der Waals surface area contributed by atoms with Gasteiger partial charge in [-0.3, -0.25) is 14.9 Å². The third-order valence-electron chi connectivity index (χ3n) is 3.83. The zero-order valence-electron chi connectivity index (χ0n) is 13.3. The Morgan fingerprint density at radius 3 is 2.79 bits per heavy atom. The van der Waals surface area contributed by atoms with Crippen molar-refractivity contribution in [3.63, 3.8) is 0 Å². The first kappa shape index (κ1) is 15.8. The lowest BCUT2D eigenvalue weighted by Crippen LogP contribution is -2.28. The van der Waals surface area contributed by atoms with Crippen LogP contribution in [0.2, 0.25) is 0 Å². The van der Waals surface area contributed by atoms with Gasteiger partial charge in [0.25, 0.3) is 0 Å². The third-order valence-corrected chi connectivity index (χ3v) is 3.83. The highest BCUT2D eigenvalue weighted by molar-refractivity contribution is 6.03. The maximum Gasteiger partial charge on any atom is 0.232 e. The standard InChI is InChI=1S/C15H17N5O4/c1-23-11-4-3-10(6-12(11)24-2)20-7-9(5-13(20)21)14(22)18-15-16-8-17-19-15/h3-4,6,8-9H,5,7H2,1-2H3,(H2,16,17,18,19,22)/t9-/m0/s1. The summed E-state index contributed by atoms with van der Waals surface area (Å²) in [6.45, 7) is 0.286. The SMILES string of the molecule is COc1ccc(N2C[C@@H](C(=O)Nc3ncn[nH]3)CC2=O)cc1OC. The van der Waals surface area contributed by atoms with E-state index in [9.17, 15) is 9.59 Å². The summed E-state index contributed by atoms with van der Waals surface area (Å²) < 4.78 is 10.4. The van der Waals surface area contributed by atoms with E-state index in [-0.39, 0.29) is 30.7 Å². The number of nitrogens with one attached hydrogen (secondary N) is 2. The Labute approximate surface area is 138 Å². The monoisotopic (exact) mass is 331 g/mol. The van der Waals surface area contributed by atoms with Gasteiger partial charge in [-0.25, -0.2) is 5.10 Å². The fraction of sp³-hybridized carbons (Fsp3) is 0.333. The molecule has 1 atom stereocenters. The van der Waals surface area contributed by atoms with Crippen molar-refractivity contribution in [2.24, 2.45) is 5.92 Å². The maximum absolute atomic E-state index is 12.3. The van der Waals surface area contributed by atoms with Crippen LogP contribution in [0.5, 0.6) is 11.5 Å². The van der Waals surface area contributed by atoms with E-state index in [4.69, 9.17) is 9.47 Å². The Hall–Kier alpha value is -3.10. The van der Waals surface area contributed by atoms with Crippen molar-refractivity contribution in [1.82, 2.24) is 15.2 Å². The van der Waals surface area contributed by atoms with E-state index in [1.807, 2.05) is 0 Å². The molecular formula is C15H17N5O4. The van der Waals surface area contributed by atoms with Crippen LogP contribution in [0, 0.1) is 5.92 Å². The molecule has 1 aromatic heterocycles. The van der Waals surface area contributed by atoms with Crippen molar-refractivity contribution in [3.05, 3.63) is 24.5 Å². The number of carbonyl (C=O) groups is 2. The molecule has 0 radical (unpaired) electrons. The fourth-order valence-corrected chi connectivity index (χ4v) is 2.61. The Balaban J connectivity index is 1.74. The van der Waals surface area contributed by atoms with Gasteiger partial charge in [0.1, 0.15) is 6.33 Å². The molecule has 1 aromatic carbocycles. The van der Waals surface area contributed by atoms with Crippen molar-refractivity contribution >= 4 is 23.5 Å². The van der Waals surface area contributed by atoms with E-state index >= 15 is 0 Å². The molecule has 0 spiro atoms. The summed E-state index contributed by atoms with van der Waals surface area (Å²) in [6, 6.07) is 5.20. The Morgan fingerprint density at radius 1 is 1.33 bits per heavy atom. The molecule has 1 saturated heterocycles. The van der Waals surface area contributed by atoms with Gasteiger partial charge >= 0.3 is 0 Å². The van der Waals surface area contributed by atoms with Crippen molar-refractivity contribution in [2.45, 2.75) is 6.42 Å².